The average Bonchev–Trinajstić information content (AvgIpc) is 3.14. The first-order valence-corrected chi connectivity index (χ1v) is 10.7. The number of rotatable bonds is 4. The number of hydrogen-bond donors (Lipinski definition) is 2. The van der Waals surface area contributed by atoms with Gasteiger partial charge in [-0.15, -0.1) is 0 Å². The number of nitrogens with one attached hydrogen (secondary N) is 2. The third kappa shape index (κ3) is 3.73. The molecule has 2 aromatic heterocycles. The lowest BCUT2D eigenvalue weighted by molar-refractivity contribution is -0.184. The van der Waals surface area contributed by atoms with E-state index >= 15 is 0 Å². The van der Waals surface area contributed by atoms with Gasteiger partial charge in [0, 0.05) is 31.4 Å². The zero-order chi connectivity index (χ0) is 27.8. The molecule has 1 saturated carbocycles. The molecule has 1 saturated heterocycles. The molecule has 1 unspecified atom stereocenters. The van der Waals surface area contributed by atoms with Gasteiger partial charge in [-0.25, -0.2) is 31.7 Å². The first kappa shape index (κ1) is 25.4. The Morgan fingerprint density at radius 1 is 1.08 bits per heavy atom. The van der Waals surface area contributed by atoms with E-state index in [-0.39, 0.29) is 31.0 Å². The van der Waals surface area contributed by atoms with Gasteiger partial charge in [0.1, 0.15) is 22.9 Å². The van der Waals surface area contributed by atoms with Crippen molar-refractivity contribution in [2.24, 2.45) is 0 Å². The number of anilines is 1. The first-order chi connectivity index (χ1) is 17.7. The van der Waals surface area contributed by atoms with Crippen molar-refractivity contribution in [1.82, 2.24) is 20.2 Å². The van der Waals surface area contributed by atoms with Crippen LogP contribution in [0.3, 0.4) is 0 Å². The highest BCUT2D eigenvalue weighted by Crippen LogP contribution is 2.60. The molecule has 1 aromatic carbocycles. The molecule has 1 aliphatic carbocycles. The number of urea groups is 1. The zero-order valence-corrected chi connectivity index (χ0v) is 18.6. The Bertz CT molecular complexity index is 1560. The van der Waals surface area contributed by atoms with Crippen LogP contribution in [0.25, 0.3) is 16.7 Å². The third-order valence-electron chi connectivity index (χ3n) is 6.23. The fourth-order valence-electron chi connectivity index (χ4n) is 4.19. The summed E-state index contributed by atoms with van der Waals surface area (Å²) in [4.78, 5) is 43.0. The monoisotopic (exact) mass is 547 g/mol. The van der Waals surface area contributed by atoms with Crippen molar-refractivity contribution in [2.45, 2.75) is 24.1 Å². The van der Waals surface area contributed by atoms with Crippen molar-refractivity contribution < 1.29 is 44.7 Å². The summed E-state index contributed by atoms with van der Waals surface area (Å²) in [7, 11) is 0. The smallest absolute Gasteiger partial charge is 0.336 e. The molecule has 8 nitrogen and oxygen atoms in total. The van der Waals surface area contributed by atoms with E-state index in [1.165, 1.54) is 0 Å². The second kappa shape index (κ2) is 8.13. The van der Waals surface area contributed by atoms with Crippen molar-refractivity contribution in [2.75, 3.05) is 18.0 Å². The van der Waals surface area contributed by atoms with Gasteiger partial charge in [-0.05, 0) is 12.1 Å². The van der Waals surface area contributed by atoms with Crippen LogP contribution < -0.4 is 21.0 Å². The van der Waals surface area contributed by atoms with Crippen LogP contribution in [-0.2, 0) is 0 Å². The number of pyridine rings is 2. The molecule has 0 bridgehead atoms. The number of nitrogens with zero attached hydrogens (tertiary/aromatic N) is 3. The summed E-state index contributed by atoms with van der Waals surface area (Å²) >= 11 is 0. The molecular weight excluding hydrogens is 534 g/mol. The number of aromatic nitrogens is 2. The van der Waals surface area contributed by atoms with Crippen molar-refractivity contribution >= 4 is 28.8 Å². The zero-order valence-electron chi connectivity index (χ0n) is 18.6. The number of carbonyl (C=O) groups is 2. The summed E-state index contributed by atoms with van der Waals surface area (Å²) in [5.74, 6) is -10.8. The number of alkyl halides is 5. The lowest BCUT2D eigenvalue weighted by Crippen LogP contribution is -2.52. The maximum Gasteiger partial charge on any atom is 0.417 e. The fraction of sp³-hybridized carbons (Fsp3) is 0.273. The van der Waals surface area contributed by atoms with Gasteiger partial charge in [0.05, 0.1) is 11.8 Å². The number of hydrogen-bond acceptors (Lipinski definition) is 4. The van der Waals surface area contributed by atoms with E-state index in [1.807, 2.05) is 0 Å². The molecule has 38 heavy (non-hydrogen) atoms. The van der Waals surface area contributed by atoms with Crippen LogP contribution in [0.4, 0.5) is 45.7 Å². The van der Waals surface area contributed by atoms with E-state index in [1.54, 1.807) is 0 Å². The summed E-state index contributed by atoms with van der Waals surface area (Å²) in [6.07, 6.45) is -6.96. The molecule has 200 valence electrons. The Kier molecular flexibility index (Phi) is 5.44. The predicted molar refractivity (Wildman–Crippen MR) is 114 cm³/mol. The molecule has 1 aliphatic heterocycles. The summed E-state index contributed by atoms with van der Waals surface area (Å²) in [6, 6.07) is 2.03. The van der Waals surface area contributed by atoms with Crippen molar-refractivity contribution in [1.29, 1.82) is 0 Å². The van der Waals surface area contributed by atoms with Crippen LogP contribution in [0, 0.1) is 17.5 Å². The van der Waals surface area contributed by atoms with Gasteiger partial charge in [-0.3, -0.25) is 19.1 Å². The molecule has 2 fully saturated rings. The molecule has 5 rings (SSSR count). The van der Waals surface area contributed by atoms with Gasteiger partial charge < -0.3 is 10.6 Å². The highest BCUT2D eigenvalue weighted by Gasteiger charge is 2.85. The maximum atomic E-state index is 14.7. The number of amides is 3. The number of fused-ring (bicyclic) bond motifs is 1. The Hall–Kier alpha value is -4.24. The van der Waals surface area contributed by atoms with Gasteiger partial charge in [0.15, 0.2) is 17.3 Å². The lowest BCUT2D eigenvalue weighted by Gasteiger charge is -2.22. The molecule has 2 N–H and O–H groups in total. The summed E-state index contributed by atoms with van der Waals surface area (Å²) in [6.45, 7) is 0.340. The molecule has 0 radical (unpaired) electrons. The third-order valence-corrected chi connectivity index (χ3v) is 6.23. The van der Waals surface area contributed by atoms with Crippen LogP contribution in [0.15, 0.2) is 35.3 Å². The highest BCUT2D eigenvalue weighted by molar-refractivity contribution is 5.99. The summed E-state index contributed by atoms with van der Waals surface area (Å²) in [5, 5.41) is 3.06. The van der Waals surface area contributed by atoms with E-state index in [9.17, 15) is 49.5 Å². The van der Waals surface area contributed by atoms with E-state index in [2.05, 4.69) is 10.3 Å². The highest BCUT2D eigenvalue weighted by atomic mass is 19.4. The molecule has 3 aromatic rings. The van der Waals surface area contributed by atoms with Gasteiger partial charge in [0.25, 0.3) is 11.8 Å². The van der Waals surface area contributed by atoms with Crippen LogP contribution in [0.1, 0.15) is 16.8 Å². The largest absolute Gasteiger partial charge is 0.417 e. The maximum absolute atomic E-state index is 14.7. The van der Waals surface area contributed by atoms with Crippen LogP contribution in [0.5, 0.6) is 0 Å². The normalized spacial score (nSPS) is 20.5. The Balaban J connectivity index is 1.73. The second-order valence-electron chi connectivity index (χ2n) is 8.62. The van der Waals surface area contributed by atoms with Gasteiger partial charge in [0.2, 0.25) is 11.0 Å². The van der Waals surface area contributed by atoms with Crippen molar-refractivity contribution in [3.8, 4) is 5.69 Å². The van der Waals surface area contributed by atoms with E-state index < -0.39 is 81.2 Å². The van der Waals surface area contributed by atoms with Gasteiger partial charge >= 0.3 is 12.2 Å². The summed E-state index contributed by atoms with van der Waals surface area (Å²) < 4.78 is 111. The van der Waals surface area contributed by atoms with Gasteiger partial charge in [-0.2, -0.15) is 13.2 Å². The number of benzene rings is 1. The average molecular weight is 547 g/mol. The minimum absolute atomic E-state index is 0.102. The Morgan fingerprint density at radius 2 is 1.71 bits per heavy atom. The number of halogens is 8. The minimum atomic E-state index is -5.59. The van der Waals surface area contributed by atoms with E-state index in [0.29, 0.717) is 10.8 Å². The summed E-state index contributed by atoms with van der Waals surface area (Å²) in [5.41, 5.74) is -8.07. The topological polar surface area (TPSA) is 96.3 Å². The molecule has 1 atom stereocenters. The van der Waals surface area contributed by atoms with E-state index in [0.717, 1.165) is 22.3 Å². The molecule has 0 spiro atoms. The fourth-order valence-corrected chi connectivity index (χ4v) is 4.19. The quantitative estimate of drug-likeness (QED) is 0.490. The first-order valence-electron chi connectivity index (χ1n) is 10.7. The molecule has 3 heterocycles. The second-order valence-corrected chi connectivity index (χ2v) is 8.62. The standard InChI is InChI=1S/C22H13F8N5O3/c23-9-5-12(24)15(13(25)6-9)35-7-11(18(37)33-20(22(28,29)30)8-21(20,26)27)16(36)10-1-2-14(32-17(10)35)34-4-3-31-19(34)38/h1-2,5-7H,3-4,8H2,(H,31,38)(H,33,37). The molecule has 3 amide bonds. The minimum Gasteiger partial charge on any atom is -0.336 e. The van der Waals surface area contributed by atoms with Crippen LogP contribution >= 0.6 is 0 Å². The molecule has 2 aliphatic rings. The molecule has 16 heteroatoms. The number of carbonyl (C=O) groups excluding carboxylic acids is 2. The predicted octanol–water partition coefficient (Wildman–Crippen LogP) is 3.40. The lowest BCUT2D eigenvalue weighted by atomic mass is 10.1. The Morgan fingerprint density at radius 3 is 2.24 bits per heavy atom. The van der Waals surface area contributed by atoms with Crippen molar-refractivity contribution in [3.05, 3.63) is 63.7 Å². The SMILES string of the molecule is O=C(NC1(C(F)(F)F)CC1(F)F)c1cn(-c2c(F)cc(F)cc2F)c2nc(N3CCNC3=O)ccc2c1=O. The van der Waals surface area contributed by atoms with Crippen LogP contribution in [0.2, 0.25) is 0 Å². The van der Waals surface area contributed by atoms with Crippen molar-refractivity contribution in [3.63, 3.8) is 0 Å². The molecular formula is C22H13F8N5O3. The van der Waals surface area contributed by atoms with Crippen LogP contribution in [-0.4, -0.2) is 52.2 Å². The van der Waals surface area contributed by atoms with Gasteiger partial charge in [-0.1, -0.05) is 0 Å². The Labute approximate surface area is 205 Å². The van der Waals surface area contributed by atoms with E-state index in [4.69, 9.17) is 0 Å².